The summed E-state index contributed by atoms with van der Waals surface area (Å²) in [5.41, 5.74) is 1.97. The predicted octanol–water partition coefficient (Wildman–Crippen LogP) is 4.15. The second-order valence-corrected chi connectivity index (χ2v) is 5.72. The third-order valence-electron chi connectivity index (χ3n) is 3.31. The lowest BCUT2D eigenvalue weighted by Gasteiger charge is -2.00. The van der Waals surface area contributed by atoms with Crippen molar-refractivity contribution in [1.29, 1.82) is 0 Å². The Morgan fingerprint density at radius 2 is 1.75 bits per heavy atom. The maximum absolute atomic E-state index is 12.1. The van der Waals surface area contributed by atoms with Crippen molar-refractivity contribution in [2.24, 2.45) is 7.05 Å². The van der Waals surface area contributed by atoms with Crippen LogP contribution in [0.4, 0.5) is 0 Å². The molecule has 0 bridgehead atoms. The summed E-state index contributed by atoms with van der Waals surface area (Å²) < 4.78 is 2.10. The second-order valence-electron chi connectivity index (χ2n) is 4.70. The number of para-hydroxylation sites is 1. The molecule has 0 radical (unpaired) electrons. The van der Waals surface area contributed by atoms with Crippen LogP contribution in [-0.2, 0) is 7.05 Å². The van der Waals surface area contributed by atoms with Crippen molar-refractivity contribution in [3.05, 3.63) is 66.4 Å². The van der Waals surface area contributed by atoms with Gasteiger partial charge in [-0.25, -0.2) is 0 Å². The van der Waals surface area contributed by atoms with Crippen LogP contribution in [0, 0.1) is 0 Å². The van der Waals surface area contributed by atoms with Crippen molar-refractivity contribution in [3.63, 3.8) is 0 Å². The van der Waals surface area contributed by atoms with Gasteiger partial charge in [-0.3, -0.25) is 4.79 Å². The molecule has 1 heterocycles. The SMILES string of the molecule is Cn1cc(SCC(=O)c2ccccc2)c2ccccc21. The lowest BCUT2D eigenvalue weighted by molar-refractivity contribution is 0.102. The summed E-state index contributed by atoms with van der Waals surface area (Å²) in [5, 5.41) is 1.21. The molecule has 0 aliphatic heterocycles. The Hall–Kier alpha value is -2.00. The number of carbonyl (C=O) groups excluding carboxylic acids is 1. The second kappa shape index (κ2) is 5.55. The maximum Gasteiger partial charge on any atom is 0.173 e. The van der Waals surface area contributed by atoms with Crippen LogP contribution in [0.1, 0.15) is 10.4 Å². The average Bonchev–Trinajstić information content (AvgIpc) is 2.83. The van der Waals surface area contributed by atoms with Crippen LogP contribution < -0.4 is 0 Å². The molecule has 0 fully saturated rings. The monoisotopic (exact) mass is 281 g/mol. The van der Waals surface area contributed by atoms with Crippen LogP contribution >= 0.6 is 11.8 Å². The Kier molecular flexibility index (Phi) is 3.61. The maximum atomic E-state index is 12.1. The number of Topliss-reactive ketones (excluding diaryl/α,β-unsaturated/α-hetero) is 1. The molecule has 3 rings (SSSR count). The first kappa shape index (κ1) is 13.0. The highest BCUT2D eigenvalue weighted by atomic mass is 32.2. The van der Waals surface area contributed by atoms with Crippen molar-refractivity contribution in [3.8, 4) is 0 Å². The number of hydrogen-bond donors (Lipinski definition) is 0. The van der Waals surface area contributed by atoms with Crippen LogP contribution in [0.5, 0.6) is 0 Å². The van der Waals surface area contributed by atoms with Gasteiger partial charge >= 0.3 is 0 Å². The molecule has 0 saturated carbocycles. The Labute approximate surface area is 122 Å². The molecule has 0 spiro atoms. The van der Waals surface area contributed by atoms with E-state index in [9.17, 15) is 4.79 Å². The predicted molar refractivity (Wildman–Crippen MR) is 84.4 cm³/mol. The first-order valence-corrected chi connectivity index (χ1v) is 7.49. The molecule has 0 atom stereocenters. The molecule has 0 N–H and O–H groups in total. The normalized spacial score (nSPS) is 10.8. The van der Waals surface area contributed by atoms with E-state index in [1.165, 1.54) is 10.9 Å². The van der Waals surface area contributed by atoms with E-state index in [1.807, 2.05) is 49.5 Å². The quantitative estimate of drug-likeness (QED) is 0.529. The highest BCUT2D eigenvalue weighted by Gasteiger charge is 2.10. The summed E-state index contributed by atoms with van der Waals surface area (Å²) >= 11 is 1.60. The Morgan fingerprint density at radius 3 is 2.55 bits per heavy atom. The van der Waals surface area contributed by atoms with Gasteiger partial charge in [-0.2, -0.15) is 0 Å². The van der Waals surface area contributed by atoms with E-state index in [0.717, 1.165) is 10.5 Å². The van der Waals surface area contributed by atoms with E-state index in [1.54, 1.807) is 11.8 Å². The van der Waals surface area contributed by atoms with Gasteiger partial charge in [-0.05, 0) is 6.07 Å². The van der Waals surface area contributed by atoms with Crippen molar-refractivity contribution < 1.29 is 4.79 Å². The van der Waals surface area contributed by atoms with E-state index in [4.69, 9.17) is 0 Å². The smallest absolute Gasteiger partial charge is 0.173 e. The van der Waals surface area contributed by atoms with Gasteiger partial charge in [0.15, 0.2) is 5.78 Å². The number of benzene rings is 2. The number of fused-ring (bicyclic) bond motifs is 1. The first-order chi connectivity index (χ1) is 9.75. The van der Waals surface area contributed by atoms with Crippen molar-refractivity contribution in [1.82, 2.24) is 4.57 Å². The molecule has 0 unspecified atom stereocenters. The molecule has 3 heteroatoms. The zero-order valence-corrected chi connectivity index (χ0v) is 12.1. The van der Waals surface area contributed by atoms with Gasteiger partial charge < -0.3 is 4.57 Å². The molecule has 1 aromatic heterocycles. The fourth-order valence-corrected chi connectivity index (χ4v) is 3.28. The number of thioether (sulfide) groups is 1. The number of rotatable bonds is 4. The highest BCUT2D eigenvalue weighted by Crippen LogP contribution is 2.29. The van der Waals surface area contributed by atoms with Gasteiger partial charge in [0.1, 0.15) is 0 Å². The van der Waals surface area contributed by atoms with Gasteiger partial charge in [0.2, 0.25) is 0 Å². The number of hydrogen-bond acceptors (Lipinski definition) is 2. The summed E-state index contributed by atoms with van der Waals surface area (Å²) in [6, 6.07) is 17.7. The molecule has 0 aliphatic rings. The topological polar surface area (TPSA) is 22.0 Å². The lowest BCUT2D eigenvalue weighted by atomic mass is 10.2. The molecular formula is C17H15NOS. The molecular weight excluding hydrogens is 266 g/mol. The number of ketones is 1. The van der Waals surface area contributed by atoms with Crippen LogP contribution in [0.15, 0.2) is 65.7 Å². The summed E-state index contributed by atoms with van der Waals surface area (Å²) in [6.45, 7) is 0. The molecule has 2 aromatic carbocycles. The number of carbonyl (C=O) groups is 1. The van der Waals surface area contributed by atoms with Gasteiger partial charge in [0.05, 0.1) is 5.75 Å². The number of aryl methyl sites for hydroxylation is 1. The number of nitrogens with zero attached hydrogens (tertiary/aromatic N) is 1. The molecule has 3 aromatic rings. The van der Waals surface area contributed by atoms with Crippen molar-refractivity contribution in [2.75, 3.05) is 5.75 Å². The third-order valence-corrected chi connectivity index (χ3v) is 4.36. The standard InChI is InChI=1S/C17H15NOS/c1-18-11-17(14-9-5-6-10-15(14)18)20-12-16(19)13-7-3-2-4-8-13/h2-11H,12H2,1H3. The molecule has 0 saturated heterocycles. The van der Waals surface area contributed by atoms with Crippen LogP contribution in [0.25, 0.3) is 10.9 Å². The Morgan fingerprint density at radius 1 is 1.05 bits per heavy atom. The number of aromatic nitrogens is 1. The van der Waals surface area contributed by atoms with E-state index >= 15 is 0 Å². The molecule has 2 nitrogen and oxygen atoms in total. The molecule has 100 valence electrons. The van der Waals surface area contributed by atoms with E-state index in [0.29, 0.717) is 5.75 Å². The van der Waals surface area contributed by atoms with Crippen LogP contribution in [-0.4, -0.2) is 16.1 Å². The van der Waals surface area contributed by atoms with Gasteiger partial charge in [0.25, 0.3) is 0 Å². The fraction of sp³-hybridized carbons (Fsp3) is 0.118. The minimum atomic E-state index is 0.170. The first-order valence-electron chi connectivity index (χ1n) is 6.51. The van der Waals surface area contributed by atoms with E-state index in [2.05, 4.69) is 22.9 Å². The summed E-state index contributed by atoms with van der Waals surface area (Å²) in [4.78, 5) is 13.3. The molecule has 0 amide bonds. The van der Waals surface area contributed by atoms with Gasteiger partial charge in [-0.15, -0.1) is 11.8 Å². The van der Waals surface area contributed by atoms with E-state index < -0.39 is 0 Å². The summed E-state index contributed by atoms with van der Waals surface area (Å²) in [7, 11) is 2.03. The minimum absolute atomic E-state index is 0.170. The summed E-state index contributed by atoms with van der Waals surface area (Å²) in [5.74, 6) is 0.640. The summed E-state index contributed by atoms with van der Waals surface area (Å²) in [6.07, 6.45) is 2.09. The van der Waals surface area contributed by atoms with Gasteiger partial charge in [-0.1, -0.05) is 48.5 Å². The minimum Gasteiger partial charge on any atom is -0.349 e. The Bertz CT molecular complexity index is 746. The van der Waals surface area contributed by atoms with Crippen LogP contribution in [0.2, 0.25) is 0 Å². The van der Waals surface area contributed by atoms with Gasteiger partial charge in [0, 0.05) is 34.6 Å². The Balaban J connectivity index is 1.79. The molecule has 20 heavy (non-hydrogen) atoms. The van der Waals surface area contributed by atoms with Crippen molar-refractivity contribution in [2.45, 2.75) is 4.90 Å². The zero-order valence-electron chi connectivity index (χ0n) is 11.2. The highest BCUT2D eigenvalue weighted by molar-refractivity contribution is 8.00. The molecule has 0 aliphatic carbocycles. The third kappa shape index (κ3) is 2.49. The fourth-order valence-electron chi connectivity index (χ4n) is 2.27. The lowest BCUT2D eigenvalue weighted by Crippen LogP contribution is -2.01. The average molecular weight is 281 g/mol. The van der Waals surface area contributed by atoms with Crippen LogP contribution in [0.3, 0.4) is 0 Å². The zero-order chi connectivity index (χ0) is 13.9. The van der Waals surface area contributed by atoms with Crippen molar-refractivity contribution >= 4 is 28.4 Å². The largest absolute Gasteiger partial charge is 0.349 e. The van der Waals surface area contributed by atoms with E-state index in [-0.39, 0.29) is 5.78 Å².